The molecular formula is C13H20N2O5S. The van der Waals surface area contributed by atoms with Crippen molar-refractivity contribution in [1.82, 2.24) is 9.21 Å². The first-order chi connectivity index (χ1) is 9.73. The molecule has 118 valence electrons. The van der Waals surface area contributed by atoms with Crippen molar-refractivity contribution in [2.24, 2.45) is 0 Å². The Hall–Kier alpha value is -1.38. The molecule has 8 heteroatoms. The minimum atomic E-state index is -3.76. The number of carboxylic acid groups (broad SMARTS) is 1. The van der Waals surface area contributed by atoms with Crippen LogP contribution in [0.3, 0.4) is 0 Å². The third kappa shape index (κ3) is 3.12. The van der Waals surface area contributed by atoms with Crippen molar-refractivity contribution in [2.75, 3.05) is 27.2 Å². The fraction of sp³-hybridized carbons (Fsp3) is 0.615. The maximum atomic E-state index is 12.6. The number of likely N-dealkylation sites (tertiary alicyclic amines) is 1. The number of sulfonamides is 1. The normalized spacial score (nSPS) is 20.9. The van der Waals surface area contributed by atoms with Gasteiger partial charge in [-0.05, 0) is 33.4 Å². The van der Waals surface area contributed by atoms with Crippen LogP contribution in [0.25, 0.3) is 0 Å². The second-order valence-electron chi connectivity index (χ2n) is 5.42. The maximum absolute atomic E-state index is 12.6. The molecule has 1 fully saturated rings. The number of carbonyl (C=O) groups is 1. The largest absolute Gasteiger partial charge is 0.475 e. The van der Waals surface area contributed by atoms with E-state index in [4.69, 9.17) is 9.52 Å². The van der Waals surface area contributed by atoms with Gasteiger partial charge in [0.15, 0.2) is 0 Å². The van der Waals surface area contributed by atoms with Gasteiger partial charge < -0.3 is 14.4 Å². The molecule has 0 saturated carbocycles. The second-order valence-corrected chi connectivity index (χ2v) is 7.38. The van der Waals surface area contributed by atoms with Crippen molar-refractivity contribution in [3.63, 3.8) is 0 Å². The molecule has 0 spiro atoms. The first-order valence-electron chi connectivity index (χ1n) is 6.73. The number of rotatable bonds is 4. The minimum Gasteiger partial charge on any atom is -0.475 e. The molecule has 1 aliphatic rings. The van der Waals surface area contributed by atoms with Gasteiger partial charge >= 0.3 is 5.97 Å². The van der Waals surface area contributed by atoms with Gasteiger partial charge in [0.1, 0.15) is 10.7 Å². The van der Waals surface area contributed by atoms with Crippen molar-refractivity contribution >= 4 is 16.0 Å². The zero-order valence-corrected chi connectivity index (χ0v) is 13.2. The third-order valence-corrected chi connectivity index (χ3v) is 5.87. The van der Waals surface area contributed by atoms with E-state index in [1.54, 1.807) is 0 Å². The number of piperidine rings is 1. The molecule has 1 unspecified atom stereocenters. The Morgan fingerprint density at radius 3 is 2.71 bits per heavy atom. The molecular weight excluding hydrogens is 296 g/mol. The molecule has 1 aromatic rings. The molecule has 1 atom stereocenters. The lowest BCUT2D eigenvalue weighted by atomic mass is 10.1. The summed E-state index contributed by atoms with van der Waals surface area (Å²) >= 11 is 0. The van der Waals surface area contributed by atoms with Crippen LogP contribution in [-0.4, -0.2) is 61.9 Å². The number of hydrogen-bond acceptors (Lipinski definition) is 5. The topological polar surface area (TPSA) is 91.1 Å². The number of carboxylic acids is 1. The summed E-state index contributed by atoms with van der Waals surface area (Å²) in [7, 11) is -0.265. The van der Waals surface area contributed by atoms with Crippen molar-refractivity contribution in [2.45, 2.75) is 30.7 Å². The van der Waals surface area contributed by atoms with E-state index in [2.05, 4.69) is 4.90 Å². The maximum Gasteiger partial charge on any atom is 0.371 e. The molecule has 7 nitrogen and oxygen atoms in total. The molecule has 2 heterocycles. The number of nitrogens with zero attached hydrogens (tertiary/aromatic N) is 2. The summed E-state index contributed by atoms with van der Waals surface area (Å²) in [5.41, 5.74) is 0. The summed E-state index contributed by atoms with van der Waals surface area (Å²) in [5, 5.41) is 8.90. The molecule has 0 bridgehead atoms. The van der Waals surface area contributed by atoms with Crippen LogP contribution in [0.15, 0.2) is 15.4 Å². The summed E-state index contributed by atoms with van der Waals surface area (Å²) in [4.78, 5) is 12.9. The van der Waals surface area contributed by atoms with Gasteiger partial charge in [0.25, 0.3) is 0 Å². The molecule has 0 aliphatic carbocycles. The quantitative estimate of drug-likeness (QED) is 0.891. The molecule has 0 radical (unpaired) electrons. The fourth-order valence-electron chi connectivity index (χ4n) is 2.61. The number of likely N-dealkylation sites (N-methyl/N-ethyl adjacent to an activating group) is 2. The molecule has 1 N–H and O–H groups in total. The summed E-state index contributed by atoms with van der Waals surface area (Å²) in [6.07, 6.45) is 1.73. The first kappa shape index (κ1) is 16.0. The van der Waals surface area contributed by atoms with Gasteiger partial charge in [-0.3, -0.25) is 0 Å². The van der Waals surface area contributed by atoms with Gasteiger partial charge in [0.2, 0.25) is 15.8 Å². The van der Waals surface area contributed by atoms with Crippen LogP contribution < -0.4 is 0 Å². The summed E-state index contributed by atoms with van der Waals surface area (Å²) in [5.74, 6) is -1.54. The summed E-state index contributed by atoms with van der Waals surface area (Å²) in [6, 6.07) is 0.965. The van der Waals surface area contributed by atoms with Crippen molar-refractivity contribution in [3.05, 3.63) is 17.6 Å². The molecule has 0 aromatic carbocycles. The predicted octanol–water partition coefficient (Wildman–Crippen LogP) is 1.00. The van der Waals surface area contributed by atoms with Crippen molar-refractivity contribution < 1.29 is 22.7 Å². The van der Waals surface area contributed by atoms with E-state index in [0.717, 1.165) is 25.5 Å². The zero-order chi connectivity index (χ0) is 15.8. The van der Waals surface area contributed by atoms with Crippen molar-refractivity contribution in [1.29, 1.82) is 0 Å². The van der Waals surface area contributed by atoms with E-state index in [1.807, 2.05) is 7.05 Å². The third-order valence-electron chi connectivity index (χ3n) is 3.85. The van der Waals surface area contributed by atoms with Crippen LogP contribution in [0.4, 0.5) is 0 Å². The SMILES string of the molecule is Cc1oc(C(=O)O)cc1S(=O)(=O)N(C)C1CCCN(C)C1. The predicted molar refractivity (Wildman–Crippen MR) is 75.9 cm³/mol. The lowest BCUT2D eigenvalue weighted by Gasteiger charge is -2.34. The van der Waals surface area contributed by atoms with Gasteiger partial charge in [-0.1, -0.05) is 0 Å². The van der Waals surface area contributed by atoms with Gasteiger partial charge in [0.05, 0.1) is 0 Å². The monoisotopic (exact) mass is 316 g/mol. The van der Waals surface area contributed by atoms with Crippen LogP contribution in [0.2, 0.25) is 0 Å². The highest BCUT2D eigenvalue weighted by molar-refractivity contribution is 7.89. The van der Waals surface area contributed by atoms with Crippen LogP contribution >= 0.6 is 0 Å². The second kappa shape index (κ2) is 5.78. The Balaban J connectivity index is 2.30. The smallest absolute Gasteiger partial charge is 0.371 e. The minimum absolute atomic E-state index is 0.0735. The molecule has 1 aliphatic heterocycles. The van der Waals surface area contributed by atoms with Crippen LogP contribution in [0, 0.1) is 6.92 Å². The van der Waals surface area contributed by atoms with E-state index in [0.29, 0.717) is 6.54 Å². The molecule has 1 saturated heterocycles. The van der Waals surface area contributed by atoms with Crippen molar-refractivity contribution in [3.8, 4) is 0 Å². The van der Waals surface area contributed by atoms with Gasteiger partial charge in [-0.15, -0.1) is 0 Å². The van der Waals surface area contributed by atoms with Crippen LogP contribution in [0.1, 0.15) is 29.2 Å². The Bertz CT molecular complexity index is 637. The Morgan fingerprint density at radius 1 is 1.52 bits per heavy atom. The number of hydrogen-bond donors (Lipinski definition) is 1. The molecule has 1 aromatic heterocycles. The van der Waals surface area contributed by atoms with E-state index in [9.17, 15) is 13.2 Å². The first-order valence-corrected chi connectivity index (χ1v) is 8.18. The van der Waals surface area contributed by atoms with Crippen LogP contribution in [-0.2, 0) is 10.0 Å². The van der Waals surface area contributed by atoms with Gasteiger partial charge in [-0.25, -0.2) is 13.2 Å². The highest BCUT2D eigenvalue weighted by Crippen LogP contribution is 2.26. The average Bonchev–Trinajstić information content (AvgIpc) is 2.81. The highest BCUT2D eigenvalue weighted by Gasteiger charge is 2.33. The molecule has 2 rings (SSSR count). The standard InChI is InChI=1S/C13H20N2O5S/c1-9-12(7-11(20-9)13(16)17)21(18,19)15(3)10-5-4-6-14(2)8-10/h7,10H,4-6,8H2,1-3H3,(H,16,17). The van der Waals surface area contributed by atoms with E-state index < -0.39 is 16.0 Å². The lowest BCUT2D eigenvalue weighted by Crippen LogP contribution is -2.47. The highest BCUT2D eigenvalue weighted by atomic mass is 32.2. The lowest BCUT2D eigenvalue weighted by molar-refractivity contribution is 0.0661. The number of aryl methyl sites for hydroxylation is 1. The Morgan fingerprint density at radius 2 is 2.19 bits per heavy atom. The zero-order valence-electron chi connectivity index (χ0n) is 12.4. The van der Waals surface area contributed by atoms with E-state index in [-0.39, 0.29) is 22.5 Å². The number of furan rings is 1. The summed E-state index contributed by atoms with van der Waals surface area (Å²) in [6.45, 7) is 3.08. The van der Waals surface area contributed by atoms with Crippen LogP contribution in [0.5, 0.6) is 0 Å². The number of aromatic carboxylic acids is 1. The average molecular weight is 316 g/mol. The van der Waals surface area contributed by atoms with E-state index in [1.165, 1.54) is 18.3 Å². The fourth-order valence-corrected chi connectivity index (χ4v) is 4.15. The Labute approximate surface area is 124 Å². The van der Waals surface area contributed by atoms with E-state index >= 15 is 0 Å². The Kier molecular flexibility index (Phi) is 4.40. The summed E-state index contributed by atoms with van der Waals surface area (Å²) < 4.78 is 31.6. The van der Waals surface area contributed by atoms with Gasteiger partial charge in [-0.2, -0.15) is 4.31 Å². The molecule has 0 amide bonds. The molecule has 21 heavy (non-hydrogen) atoms. The van der Waals surface area contributed by atoms with Gasteiger partial charge in [0, 0.05) is 25.7 Å².